The summed E-state index contributed by atoms with van der Waals surface area (Å²) in [5, 5.41) is 31.5. The number of hydrogen-bond acceptors (Lipinski definition) is 8. The Labute approximate surface area is 141 Å². The van der Waals surface area contributed by atoms with Crippen molar-refractivity contribution in [3.8, 4) is 0 Å². The van der Waals surface area contributed by atoms with Crippen molar-refractivity contribution in [2.24, 2.45) is 0 Å². The second kappa shape index (κ2) is 9.52. The van der Waals surface area contributed by atoms with E-state index < -0.39 is 27.1 Å². The molecule has 0 aliphatic rings. The maximum absolute atomic E-state index is 12.2. The molecule has 0 amide bonds. The number of nitro benzene ring substituents is 1. The highest BCUT2D eigenvalue weighted by molar-refractivity contribution is 7.91. The zero-order valence-electron chi connectivity index (χ0n) is 13.5. The van der Waals surface area contributed by atoms with E-state index in [9.17, 15) is 18.5 Å². The summed E-state index contributed by atoms with van der Waals surface area (Å²) < 4.78 is 24.4. The lowest BCUT2D eigenvalue weighted by atomic mass is 10.2. The van der Waals surface area contributed by atoms with E-state index in [4.69, 9.17) is 10.2 Å². The number of sulfone groups is 1. The van der Waals surface area contributed by atoms with Crippen molar-refractivity contribution in [3.05, 3.63) is 28.3 Å². The molecule has 0 saturated carbocycles. The number of rotatable bonds is 11. The Kier molecular flexibility index (Phi) is 8.05. The highest BCUT2D eigenvalue weighted by Crippen LogP contribution is 2.27. The van der Waals surface area contributed by atoms with Crippen LogP contribution in [0.2, 0.25) is 0 Å². The normalized spacial score (nSPS) is 11.7. The van der Waals surface area contributed by atoms with Crippen LogP contribution in [0.3, 0.4) is 0 Å². The zero-order valence-corrected chi connectivity index (χ0v) is 14.3. The summed E-state index contributed by atoms with van der Waals surface area (Å²) in [4.78, 5) is 11.9. The van der Waals surface area contributed by atoms with Crippen molar-refractivity contribution in [1.29, 1.82) is 0 Å². The standard InChI is InChI=1S/C14H23N3O6S/c1-16(7-8-18)6-2-5-15-13-4-3-12(17(20)21)11-14(13)24(22,23)10-9-19/h3-4,11,15,18-19H,2,5-10H2,1H3. The lowest BCUT2D eigenvalue weighted by Crippen LogP contribution is -2.24. The van der Waals surface area contributed by atoms with Gasteiger partial charge in [0, 0.05) is 25.2 Å². The number of likely N-dealkylation sites (N-methyl/N-ethyl adjacent to an activating group) is 1. The summed E-state index contributed by atoms with van der Waals surface area (Å²) in [6.45, 7) is 1.23. The van der Waals surface area contributed by atoms with Gasteiger partial charge in [-0.1, -0.05) is 0 Å². The van der Waals surface area contributed by atoms with Crippen molar-refractivity contribution in [2.45, 2.75) is 11.3 Å². The van der Waals surface area contributed by atoms with Crippen LogP contribution >= 0.6 is 0 Å². The van der Waals surface area contributed by atoms with E-state index in [0.29, 0.717) is 26.1 Å². The summed E-state index contributed by atoms with van der Waals surface area (Å²) >= 11 is 0. The van der Waals surface area contributed by atoms with E-state index in [2.05, 4.69) is 5.32 Å². The number of aliphatic hydroxyl groups excluding tert-OH is 2. The number of nitrogens with one attached hydrogen (secondary N) is 1. The fourth-order valence-corrected chi connectivity index (χ4v) is 3.35. The van der Waals surface area contributed by atoms with Gasteiger partial charge in [0.2, 0.25) is 0 Å². The van der Waals surface area contributed by atoms with Gasteiger partial charge in [-0.15, -0.1) is 0 Å². The predicted octanol–water partition coefficient (Wildman–Crippen LogP) is 0.0869. The molecule has 0 aliphatic carbocycles. The second-order valence-electron chi connectivity index (χ2n) is 5.29. The number of hydrogen-bond donors (Lipinski definition) is 3. The van der Waals surface area contributed by atoms with Gasteiger partial charge in [-0.25, -0.2) is 8.42 Å². The van der Waals surface area contributed by atoms with Gasteiger partial charge in [0.05, 0.1) is 34.5 Å². The number of aliphatic hydroxyl groups is 2. The van der Waals surface area contributed by atoms with Crippen molar-refractivity contribution in [1.82, 2.24) is 4.90 Å². The topological polar surface area (TPSA) is 133 Å². The van der Waals surface area contributed by atoms with Gasteiger partial charge in [0.15, 0.2) is 9.84 Å². The molecule has 0 fully saturated rings. The lowest BCUT2D eigenvalue weighted by molar-refractivity contribution is -0.385. The first-order valence-corrected chi connectivity index (χ1v) is 9.12. The van der Waals surface area contributed by atoms with Crippen LogP contribution in [-0.4, -0.2) is 74.1 Å². The smallest absolute Gasteiger partial charge is 0.270 e. The summed E-state index contributed by atoms with van der Waals surface area (Å²) in [6, 6.07) is 3.60. The van der Waals surface area contributed by atoms with Gasteiger partial charge in [-0.2, -0.15) is 0 Å². The van der Waals surface area contributed by atoms with Crippen LogP contribution in [0.25, 0.3) is 0 Å². The second-order valence-corrected chi connectivity index (χ2v) is 7.36. The Hall–Kier alpha value is -1.75. The van der Waals surface area contributed by atoms with E-state index in [1.165, 1.54) is 12.1 Å². The molecule has 0 heterocycles. The molecule has 0 saturated heterocycles. The van der Waals surface area contributed by atoms with E-state index in [1.807, 2.05) is 11.9 Å². The molecule has 136 valence electrons. The van der Waals surface area contributed by atoms with Gasteiger partial charge >= 0.3 is 0 Å². The number of nitro groups is 1. The maximum atomic E-state index is 12.2. The molecule has 24 heavy (non-hydrogen) atoms. The third-order valence-corrected chi connectivity index (χ3v) is 5.11. The Balaban J connectivity index is 2.88. The predicted molar refractivity (Wildman–Crippen MR) is 89.9 cm³/mol. The van der Waals surface area contributed by atoms with Gasteiger partial charge in [0.25, 0.3) is 5.69 Å². The highest BCUT2D eigenvalue weighted by Gasteiger charge is 2.21. The van der Waals surface area contributed by atoms with Crippen LogP contribution in [0, 0.1) is 10.1 Å². The molecule has 10 heteroatoms. The number of non-ortho nitro benzene ring substituents is 1. The van der Waals surface area contributed by atoms with Gasteiger partial charge in [-0.3, -0.25) is 10.1 Å². The molecule has 0 atom stereocenters. The molecule has 1 aromatic rings. The van der Waals surface area contributed by atoms with Gasteiger partial charge in [0.1, 0.15) is 0 Å². The Morgan fingerprint density at radius 1 is 1.25 bits per heavy atom. The SMILES string of the molecule is CN(CCO)CCCNc1ccc([N+](=O)[O-])cc1S(=O)(=O)CCO. The summed E-state index contributed by atoms with van der Waals surface area (Å²) in [5.74, 6) is -0.498. The monoisotopic (exact) mass is 361 g/mol. The van der Waals surface area contributed by atoms with E-state index in [-0.39, 0.29) is 22.9 Å². The summed E-state index contributed by atoms with van der Waals surface area (Å²) in [7, 11) is -1.96. The molecule has 0 radical (unpaired) electrons. The number of nitrogens with zero attached hydrogens (tertiary/aromatic N) is 2. The third-order valence-electron chi connectivity index (χ3n) is 3.38. The highest BCUT2D eigenvalue weighted by atomic mass is 32.2. The molecule has 0 aromatic heterocycles. The molecule has 0 aliphatic heterocycles. The molecule has 1 aromatic carbocycles. The largest absolute Gasteiger partial charge is 0.395 e. The molecule has 9 nitrogen and oxygen atoms in total. The summed E-state index contributed by atoms with van der Waals surface area (Å²) in [6.07, 6.45) is 0.701. The van der Waals surface area contributed by atoms with E-state index >= 15 is 0 Å². The number of anilines is 1. The summed E-state index contributed by atoms with van der Waals surface area (Å²) in [5.41, 5.74) is -0.0430. The van der Waals surface area contributed by atoms with Crippen LogP contribution in [0.1, 0.15) is 6.42 Å². The van der Waals surface area contributed by atoms with Crippen molar-refractivity contribution < 1.29 is 23.6 Å². The third kappa shape index (κ3) is 6.04. The van der Waals surface area contributed by atoms with E-state index in [1.54, 1.807) is 0 Å². The first-order valence-electron chi connectivity index (χ1n) is 7.47. The van der Waals surface area contributed by atoms with Crippen LogP contribution in [-0.2, 0) is 9.84 Å². The molecule has 0 spiro atoms. The fraction of sp³-hybridized carbons (Fsp3) is 0.571. The van der Waals surface area contributed by atoms with Crippen LogP contribution < -0.4 is 5.32 Å². The maximum Gasteiger partial charge on any atom is 0.270 e. The Morgan fingerprint density at radius 3 is 2.54 bits per heavy atom. The van der Waals surface area contributed by atoms with Crippen LogP contribution in [0.5, 0.6) is 0 Å². The average molecular weight is 361 g/mol. The van der Waals surface area contributed by atoms with Crippen molar-refractivity contribution in [3.63, 3.8) is 0 Å². The van der Waals surface area contributed by atoms with Gasteiger partial charge in [-0.05, 0) is 26.1 Å². The van der Waals surface area contributed by atoms with Crippen molar-refractivity contribution >= 4 is 21.2 Å². The van der Waals surface area contributed by atoms with Gasteiger partial charge < -0.3 is 20.4 Å². The molecule has 3 N–H and O–H groups in total. The molecule has 0 unspecified atom stereocenters. The minimum atomic E-state index is -3.82. The Morgan fingerprint density at radius 2 is 1.96 bits per heavy atom. The van der Waals surface area contributed by atoms with Crippen molar-refractivity contribution in [2.75, 3.05) is 51.0 Å². The molecule has 1 rings (SSSR count). The lowest BCUT2D eigenvalue weighted by Gasteiger charge is -2.16. The average Bonchev–Trinajstić information content (AvgIpc) is 2.51. The quantitative estimate of drug-likeness (QED) is 0.287. The molecular formula is C14H23N3O6S. The first kappa shape index (κ1) is 20.3. The minimum absolute atomic E-state index is 0.0653. The van der Waals surface area contributed by atoms with E-state index in [0.717, 1.165) is 6.07 Å². The van der Waals surface area contributed by atoms with Crippen LogP contribution in [0.4, 0.5) is 11.4 Å². The fourth-order valence-electron chi connectivity index (χ4n) is 2.11. The van der Waals surface area contributed by atoms with Crippen LogP contribution in [0.15, 0.2) is 23.1 Å². The molecular weight excluding hydrogens is 338 g/mol. The first-order chi connectivity index (χ1) is 11.3. The molecule has 0 bridgehead atoms. The zero-order chi connectivity index (χ0) is 18.2. The number of benzene rings is 1. The Bertz CT molecular complexity index is 650. The minimum Gasteiger partial charge on any atom is -0.395 e.